The molecular weight excluding hydrogens is 336 g/mol. The zero-order chi connectivity index (χ0) is 16.8. The summed E-state index contributed by atoms with van der Waals surface area (Å²) < 4.78 is 0. The Morgan fingerprint density at radius 3 is 2.83 bits per heavy atom. The summed E-state index contributed by atoms with van der Waals surface area (Å²) >= 11 is 7.82. The van der Waals surface area contributed by atoms with Gasteiger partial charge in [0.05, 0.1) is 0 Å². The predicted octanol–water partition coefficient (Wildman–Crippen LogP) is 4.79. The van der Waals surface area contributed by atoms with Crippen LogP contribution in [0.15, 0.2) is 41.8 Å². The summed E-state index contributed by atoms with van der Waals surface area (Å²) in [5.74, 6) is 0.800. The van der Waals surface area contributed by atoms with E-state index in [9.17, 15) is 0 Å². The van der Waals surface area contributed by atoms with E-state index in [0.29, 0.717) is 0 Å². The number of rotatable bonds is 7. The van der Waals surface area contributed by atoms with Crippen LogP contribution in [-0.2, 0) is 13.0 Å². The molecule has 1 saturated heterocycles. The van der Waals surface area contributed by atoms with Crippen LogP contribution in [0.1, 0.15) is 23.3 Å². The first-order valence-electron chi connectivity index (χ1n) is 8.87. The first-order chi connectivity index (χ1) is 11.7. The Hall–Kier alpha value is -0.870. The average molecular weight is 363 g/mol. The monoisotopic (exact) mass is 362 g/mol. The number of likely N-dealkylation sites (tertiary alicyclic amines) is 1. The van der Waals surface area contributed by atoms with Crippen LogP contribution in [0.3, 0.4) is 0 Å². The van der Waals surface area contributed by atoms with Crippen LogP contribution in [0, 0.1) is 5.92 Å². The minimum atomic E-state index is 0.800. The van der Waals surface area contributed by atoms with Crippen molar-refractivity contribution in [1.82, 2.24) is 9.80 Å². The van der Waals surface area contributed by atoms with Crippen molar-refractivity contribution >= 4 is 22.9 Å². The van der Waals surface area contributed by atoms with E-state index >= 15 is 0 Å². The Morgan fingerprint density at radius 1 is 1.25 bits per heavy atom. The van der Waals surface area contributed by atoms with Crippen LogP contribution in [0.5, 0.6) is 0 Å². The van der Waals surface area contributed by atoms with Crippen LogP contribution in [-0.4, -0.2) is 43.0 Å². The van der Waals surface area contributed by atoms with Crippen molar-refractivity contribution < 1.29 is 0 Å². The Labute approximate surface area is 155 Å². The summed E-state index contributed by atoms with van der Waals surface area (Å²) in [6.07, 6.45) is 3.82. The standard InChI is InChI=1S/C20H27ClN2S/c1-22(16-20-5-3-13-24-20)14-18-4-2-11-23(15-18)12-10-17-6-8-19(21)9-7-17/h3,5-9,13,18H,2,4,10-12,14-16H2,1H3/t18-/m0/s1. The van der Waals surface area contributed by atoms with Crippen molar-refractivity contribution in [3.05, 3.63) is 57.2 Å². The molecule has 1 aromatic heterocycles. The number of halogens is 1. The van der Waals surface area contributed by atoms with Gasteiger partial charge in [0, 0.05) is 36.1 Å². The lowest BCUT2D eigenvalue weighted by Crippen LogP contribution is -2.40. The summed E-state index contributed by atoms with van der Waals surface area (Å²) in [4.78, 5) is 6.59. The van der Waals surface area contributed by atoms with Gasteiger partial charge in [0.25, 0.3) is 0 Å². The number of nitrogens with zero attached hydrogens (tertiary/aromatic N) is 2. The van der Waals surface area contributed by atoms with Gasteiger partial charge in [-0.3, -0.25) is 0 Å². The first kappa shape index (κ1) is 17.9. The molecule has 1 fully saturated rings. The van der Waals surface area contributed by atoms with E-state index in [1.807, 2.05) is 23.5 Å². The van der Waals surface area contributed by atoms with Gasteiger partial charge in [0.2, 0.25) is 0 Å². The van der Waals surface area contributed by atoms with E-state index in [4.69, 9.17) is 11.6 Å². The number of thiophene rings is 1. The van der Waals surface area contributed by atoms with E-state index < -0.39 is 0 Å². The second-order valence-electron chi connectivity index (χ2n) is 6.96. The topological polar surface area (TPSA) is 6.48 Å². The fourth-order valence-electron chi connectivity index (χ4n) is 3.62. The van der Waals surface area contributed by atoms with Crippen molar-refractivity contribution in [2.45, 2.75) is 25.8 Å². The normalized spacial score (nSPS) is 19.0. The lowest BCUT2D eigenvalue weighted by Gasteiger charge is -2.34. The molecule has 0 bridgehead atoms. The highest BCUT2D eigenvalue weighted by molar-refractivity contribution is 7.09. The number of benzene rings is 1. The van der Waals surface area contributed by atoms with Crippen LogP contribution < -0.4 is 0 Å². The van der Waals surface area contributed by atoms with Gasteiger partial charge in [-0.15, -0.1) is 11.3 Å². The van der Waals surface area contributed by atoms with Crippen LogP contribution >= 0.6 is 22.9 Å². The maximum atomic E-state index is 5.96. The van der Waals surface area contributed by atoms with Gasteiger partial charge in [0.1, 0.15) is 0 Å². The molecule has 1 aromatic carbocycles. The Kier molecular flexibility index (Phi) is 6.73. The Bertz CT molecular complexity index is 597. The molecule has 24 heavy (non-hydrogen) atoms. The molecule has 0 saturated carbocycles. The molecule has 0 aliphatic carbocycles. The molecule has 1 atom stereocenters. The van der Waals surface area contributed by atoms with Crippen LogP contribution in [0.2, 0.25) is 5.02 Å². The number of hydrogen-bond acceptors (Lipinski definition) is 3. The van der Waals surface area contributed by atoms with Gasteiger partial charge < -0.3 is 9.80 Å². The van der Waals surface area contributed by atoms with Crippen LogP contribution in [0.4, 0.5) is 0 Å². The van der Waals surface area contributed by atoms with Gasteiger partial charge in [-0.05, 0) is 67.9 Å². The third-order valence-corrected chi connectivity index (χ3v) is 5.92. The molecule has 0 spiro atoms. The molecule has 1 aliphatic heterocycles. The fourth-order valence-corrected chi connectivity index (χ4v) is 4.53. The third-order valence-electron chi connectivity index (χ3n) is 4.81. The lowest BCUT2D eigenvalue weighted by atomic mass is 9.97. The molecule has 130 valence electrons. The van der Waals surface area contributed by atoms with E-state index in [-0.39, 0.29) is 0 Å². The summed E-state index contributed by atoms with van der Waals surface area (Å²) in [5.41, 5.74) is 1.39. The minimum Gasteiger partial charge on any atom is -0.303 e. The Morgan fingerprint density at radius 2 is 2.08 bits per heavy atom. The quantitative estimate of drug-likeness (QED) is 0.698. The summed E-state index contributed by atoms with van der Waals surface area (Å²) in [6, 6.07) is 12.7. The molecule has 0 amide bonds. The molecule has 2 nitrogen and oxygen atoms in total. The zero-order valence-electron chi connectivity index (χ0n) is 14.5. The first-order valence-corrected chi connectivity index (χ1v) is 10.1. The maximum absolute atomic E-state index is 5.96. The molecule has 0 unspecified atom stereocenters. The molecule has 4 heteroatoms. The van der Waals surface area contributed by atoms with Gasteiger partial charge >= 0.3 is 0 Å². The fraction of sp³-hybridized carbons (Fsp3) is 0.500. The summed E-state index contributed by atoms with van der Waals surface area (Å²) in [7, 11) is 2.26. The zero-order valence-corrected chi connectivity index (χ0v) is 16.0. The van der Waals surface area contributed by atoms with Crippen molar-refractivity contribution in [2.24, 2.45) is 5.92 Å². The predicted molar refractivity (Wildman–Crippen MR) is 105 cm³/mol. The van der Waals surface area contributed by atoms with Gasteiger partial charge in [-0.2, -0.15) is 0 Å². The highest BCUT2D eigenvalue weighted by Gasteiger charge is 2.21. The van der Waals surface area contributed by atoms with Gasteiger partial charge in [0.15, 0.2) is 0 Å². The highest BCUT2D eigenvalue weighted by atomic mass is 35.5. The molecular formula is C20H27ClN2S. The second-order valence-corrected chi connectivity index (χ2v) is 8.43. The lowest BCUT2D eigenvalue weighted by molar-refractivity contribution is 0.143. The summed E-state index contributed by atoms with van der Waals surface area (Å²) in [5, 5.41) is 2.99. The third kappa shape index (κ3) is 5.59. The average Bonchev–Trinajstić information content (AvgIpc) is 3.07. The van der Waals surface area contributed by atoms with Crippen molar-refractivity contribution in [1.29, 1.82) is 0 Å². The molecule has 0 N–H and O–H groups in total. The van der Waals surface area contributed by atoms with E-state index in [1.54, 1.807) is 0 Å². The second kappa shape index (κ2) is 9.00. The van der Waals surface area contributed by atoms with Crippen molar-refractivity contribution in [2.75, 3.05) is 33.2 Å². The maximum Gasteiger partial charge on any atom is 0.0406 e. The van der Waals surface area contributed by atoms with Crippen LogP contribution in [0.25, 0.3) is 0 Å². The van der Waals surface area contributed by atoms with Crippen molar-refractivity contribution in [3.63, 3.8) is 0 Å². The SMILES string of the molecule is CN(Cc1cccs1)C[C@@H]1CCCN(CCc2ccc(Cl)cc2)C1. The number of piperidine rings is 1. The molecule has 3 rings (SSSR count). The molecule has 1 aliphatic rings. The number of hydrogen-bond donors (Lipinski definition) is 0. The minimum absolute atomic E-state index is 0.800. The smallest absolute Gasteiger partial charge is 0.0406 e. The molecule has 0 radical (unpaired) electrons. The van der Waals surface area contributed by atoms with E-state index in [1.165, 1.54) is 42.9 Å². The highest BCUT2D eigenvalue weighted by Crippen LogP contribution is 2.20. The summed E-state index contributed by atoms with van der Waals surface area (Å²) in [6.45, 7) is 5.93. The Balaban J connectivity index is 1.42. The van der Waals surface area contributed by atoms with E-state index in [2.05, 4.69) is 46.5 Å². The molecule has 2 heterocycles. The van der Waals surface area contributed by atoms with E-state index in [0.717, 1.165) is 30.5 Å². The van der Waals surface area contributed by atoms with Gasteiger partial charge in [-0.25, -0.2) is 0 Å². The largest absolute Gasteiger partial charge is 0.303 e. The molecule has 2 aromatic rings. The van der Waals surface area contributed by atoms with Crippen molar-refractivity contribution in [3.8, 4) is 0 Å². The van der Waals surface area contributed by atoms with Gasteiger partial charge in [-0.1, -0.05) is 29.8 Å².